The van der Waals surface area contributed by atoms with E-state index in [1.807, 2.05) is 30.6 Å². The van der Waals surface area contributed by atoms with Crippen molar-refractivity contribution in [2.24, 2.45) is 21.6 Å². The molecule has 2 aromatic rings. The van der Waals surface area contributed by atoms with Gasteiger partial charge in [-0.3, -0.25) is 14.8 Å². The monoisotopic (exact) mass is 558 g/mol. The number of nitrogens with zero attached hydrogens (tertiary/aromatic N) is 5. The minimum absolute atomic E-state index is 0.216. The molecular formula is C31H42N8O2. The fraction of sp³-hybridized carbons (Fsp3) is 0.387. The van der Waals surface area contributed by atoms with Crippen LogP contribution in [0.1, 0.15) is 48.0 Å². The lowest BCUT2D eigenvalue weighted by Crippen LogP contribution is -2.42. The SMILES string of the molecule is C=N/C(=C1/C(=NC)NC=CN1CC1CCCN(C)C1)c1ccc(C(=O)Nc2ccccn2)cc1.NCCCCC=O. The van der Waals surface area contributed by atoms with Crippen LogP contribution in [0.15, 0.2) is 76.7 Å². The zero-order valence-electron chi connectivity index (χ0n) is 24.1. The average molecular weight is 559 g/mol. The van der Waals surface area contributed by atoms with Gasteiger partial charge >= 0.3 is 0 Å². The Bertz CT molecular complexity index is 1220. The Labute approximate surface area is 243 Å². The smallest absolute Gasteiger partial charge is 0.256 e. The molecule has 0 spiro atoms. The number of aliphatic imine (C=N–C) groups is 2. The van der Waals surface area contributed by atoms with Crippen molar-refractivity contribution in [3.8, 4) is 0 Å². The van der Waals surface area contributed by atoms with Crippen molar-refractivity contribution < 1.29 is 9.59 Å². The third-order valence-electron chi connectivity index (χ3n) is 6.87. The van der Waals surface area contributed by atoms with Gasteiger partial charge in [-0.25, -0.2) is 4.98 Å². The largest absolute Gasteiger partial charge is 0.344 e. The number of aldehydes is 1. The maximum Gasteiger partial charge on any atom is 0.256 e. The van der Waals surface area contributed by atoms with Crippen molar-refractivity contribution in [3.05, 3.63) is 77.9 Å². The first kappa shape index (κ1) is 31.4. The van der Waals surface area contributed by atoms with Crippen LogP contribution >= 0.6 is 0 Å². The van der Waals surface area contributed by atoms with E-state index in [0.717, 1.165) is 61.6 Å². The summed E-state index contributed by atoms with van der Waals surface area (Å²) in [6.07, 6.45) is 11.5. The van der Waals surface area contributed by atoms with E-state index in [1.165, 1.54) is 12.8 Å². The quantitative estimate of drug-likeness (QED) is 0.230. The van der Waals surface area contributed by atoms with Gasteiger partial charge in [-0.05, 0) is 82.7 Å². The van der Waals surface area contributed by atoms with Crippen molar-refractivity contribution in [3.63, 3.8) is 0 Å². The van der Waals surface area contributed by atoms with Gasteiger partial charge in [0.15, 0.2) is 5.84 Å². The molecule has 0 saturated carbocycles. The highest BCUT2D eigenvalue weighted by Crippen LogP contribution is 2.28. The Hall–Kier alpha value is -4.15. The van der Waals surface area contributed by atoms with Crippen LogP contribution in [0.25, 0.3) is 5.70 Å². The molecular weight excluding hydrogens is 516 g/mol. The zero-order chi connectivity index (χ0) is 29.5. The number of rotatable bonds is 10. The summed E-state index contributed by atoms with van der Waals surface area (Å²) in [5.41, 5.74) is 8.16. The molecule has 1 aromatic carbocycles. The van der Waals surface area contributed by atoms with Crippen molar-refractivity contribution in [1.29, 1.82) is 0 Å². The average Bonchev–Trinajstić information content (AvgIpc) is 2.99. The maximum absolute atomic E-state index is 12.6. The molecule has 3 heterocycles. The first-order valence-electron chi connectivity index (χ1n) is 14.0. The van der Waals surface area contributed by atoms with Gasteiger partial charge in [0.1, 0.15) is 17.8 Å². The van der Waals surface area contributed by atoms with E-state index in [4.69, 9.17) is 5.73 Å². The third kappa shape index (κ3) is 9.47. The van der Waals surface area contributed by atoms with E-state index in [1.54, 1.807) is 37.5 Å². The van der Waals surface area contributed by atoms with Gasteiger partial charge in [0.05, 0.1) is 5.70 Å². The Morgan fingerprint density at radius 1 is 1.22 bits per heavy atom. The first-order chi connectivity index (χ1) is 20.0. The number of nitrogens with one attached hydrogen (secondary N) is 2. The van der Waals surface area contributed by atoms with Gasteiger partial charge in [-0.15, -0.1) is 0 Å². The molecule has 1 amide bonds. The predicted molar refractivity (Wildman–Crippen MR) is 167 cm³/mol. The summed E-state index contributed by atoms with van der Waals surface area (Å²) in [5.74, 6) is 1.59. The van der Waals surface area contributed by atoms with Crippen LogP contribution in [0.5, 0.6) is 0 Å². The Morgan fingerprint density at radius 2 is 2.00 bits per heavy atom. The molecule has 4 N–H and O–H groups in total. The lowest BCUT2D eigenvalue weighted by molar-refractivity contribution is -0.107. The van der Waals surface area contributed by atoms with Crippen molar-refractivity contribution in [2.45, 2.75) is 32.1 Å². The van der Waals surface area contributed by atoms with Crippen LogP contribution in [0.4, 0.5) is 5.82 Å². The van der Waals surface area contributed by atoms with E-state index in [2.05, 4.69) is 49.2 Å². The first-order valence-corrected chi connectivity index (χ1v) is 14.0. The number of piperidine rings is 1. The highest BCUT2D eigenvalue weighted by Gasteiger charge is 2.26. The van der Waals surface area contributed by atoms with Gasteiger partial charge in [-0.2, -0.15) is 0 Å². The van der Waals surface area contributed by atoms with E-state index < -0.39 is 0 Å². The number of nitrogens with two attached hydrogens (primary N) is 1. The van der Waals surface area contributed by atoms with Crippen LogP contribution < -0.4 is 16.4 Å². The highest BCUT2D eigenvalue weighted by molar-refractivity contribution is 6.06. The molecule has 2 aliphatic rings. The van der Waals surface area contributed by atoms with Crippen LogP contribution in [0.3, 0.4) is 0 Å². The molecule has 0 radical (unpaired) electrons. The molecule has 10 heteroatoms. The molecule has 10 nitrogen and oxygen atoms in total. The number of carbonyl (C=O) groups is 2. The number of anilines is 1. The number of amidine groups is 1. The normalized spacial score (nSPS) is 19.0. The Kier molecular flexibility index (Phi) is 12.9. The number of unbranched alkanes of at least 4 members (excludes halogenated alkanes) is 2. The second kappa shape index (κ2) is 16.8. The number of pyridine rings is 1. The summed E-state index contributed by atoms with van der Waals surface area (Å²) >= 11 is 0. The number of hydrogen-bond donors (Lipinski definition) is 3. The summed E-state index contributed by atoms with van der Waals surface area (Å²) in [6.45, 7) is 7.65. The molecule has 1 saturated heterocycles. The summed E-state index contributed by atoms with van der Waals surface area (Å²) in [6, 6.07) is 12.7. The van der Waals surface area contributed by atoms with Gasteiger partial charge in [0, 0.05) is 56.3 Å². The number of benzene rings is 1. The summed E-state index contributed by atoms with van der Waals surface area (Å²) in [4.78, 5) is 39.9. The van der Waals surface area contributed by atoms with Gasteiger partial charge < -0.3 is 31.0 Å². The maximum atomic E-state index is 12.6. The van der Waals surface area contributed by atoms with Crippen LogP contribution in [-0.2, 0) is 4.79 Å². The molecule has 1 atom stereocenters. The number of likely N-dealkylation sites (tertiary alicyclic amines) is 1. The van der Waals surface area contributed by atoms with E-state index in [-0.39, 0.29) is 5.91 Å². The highest BCUT2D eigenvalue weighted by atomic mass is 16.1. The Morgan fingerprint density at radius 3 is 2.63 bits per heavy atom. The lowest BCUT2D eigenvalue weighted by Gasteiger charge is -2.36. The third-order valence-corrected chi connectivity index (χ3v) is 6.87. The molecule has 1 unspecified atom stereocenters. The fourth-order valence-electron chi connectivity index (χ4n) is 4.84. The number of aromatic nitrogens is 1. The zero-order valence-corrected chi connectivity index (χ0v) is 24.1. The molecule has 4 rings (SSSR count). The standard InChI is InChI=1S/C26H31N7O.C5H11NO/c1-27-23(20-9-11-21(12-10-20)26(34)31-22-8-4-5-13-29-22)24-25(28-2)30-14-16-33(24)18-19-7-6-15-32(3)17-19;6-4-2-1-3-5-7/h4-5,8-14,16,19H,1,6-7,15,17-18H2,2-3H3,(H,28,30)(H,29,31,34);5H,1-4,6H2/b24-23-;. The number of hydrogen-bond acceptors (Lipinski definition) is 8. The van der Waals surface area contributed by atoms with E-state index in [9.17, 15) is 9.59 Å². The fourth-order valence-corrected chi connectivity index (χ4v) is 4.84. The molecule has 0 bridgehead atoms. The van der Waals surface area contributed by atoms with Crippen LogP contribution in [0, 0.1) is 5.92 Å². The van der Waals surface area contributed by atoms with E-state index in [0.29, 0.717) is 30.3 Å². The topological polar surface area (TPSA) is 128 Å². The Balaban J connectivity index is 0.000000587. The molecule has 41 heavy (non-hydrogen) atoms. The molecule has 1 fully saturated rings. The van der Waals surface area contributed by atoms with Crippen molar-refractivity contribution in [2.75, 3.05) is 45.6 Å². The molecule has 218 valence electrons. The van der Waals surface area contributed by atoms with Crippen molar-refractivity contribution in [1.82, 2.24) is 20.1 Å². The van der Waals surface area contributed by atoms with Gasteiger partial charge in [0.2, 0.25) is 0 Å². The van der Waals surface area contributed by atoms with Crippen LogP contribution in [-0.4, -0.2) is 79.8 Å². The number of carbonyl (C=O) groups excluding carboxylic acids is 2. The van der Waals surface area contributed by atoms with E-state index >= 15 is 0 Å². The second-order valence-electron chi connectivity index (χ2n) is 10.0. The summed E-state index contributed by atoms with van der Waals surface area (Å²) in [7, 11) is 3.94. The second-order valence-corrected chi connectivity index (χ2v) is 10.0. The number of amides is 1. The predicted octanol–water partition coefficient (Wildman–Crippen LogP) is 3.76. The van der Waals surface area contributed by atoms with Crippen LogP contribution in [0.2, 0.25) is 0 Å². The summed E-state index contributed by atoms with van der Waals surface area (Å²) < 4.78 is 0. The van der Waals surface area contributed by atoms with Gasteiger partial charge in [-0.1, -0.05) is 18.2 Å². The molecule has 1 aromatic heterocycles. The summed E-state index contributed by atoms with van der Waals surface area (Å²) in [5, 5.41) is 6.05. The lowest BCUT2D eigenvalue weighted by atomic mass is 9.97. The molecule has 2 aliphatic heterocycles. The van der Waals surface area contributed by atoms with Crippen molar-refractivity contribution >= 4 is 36.3 Å². The minimum atomic E-state index is -0.216. The van der Waals surface area contributed by atoms with Gasteiger partial charge in [0.25, 0.3) is 5.91 Å². The molecule has 0 aliphatic carbocycles. The minimum Gasteiger partial charge on any atom is -0.344 e.